The Kier molecular flexibility index (Phi) is 3.89. The van der Waals surface area contributed by atoms with Crippen LogP contribution in [0.2, 0.25) is 0 Å². The van der Waals surface area contributed by atoms with E-state index in [1.807, 2.05) is 22.2 Å². The summed E-state index contributed by atoms with van der Waals surface area (Å²) in [6.45, 7) is 2.82. The summed E-state index contributed by atoms with van der Waals surface area (Å²) in [4.78, 5) is 17.9. The minimum Gasteiger partial charge on any atom is -0.378 e. The van der Waals surface area contributed by atoms with Gasteiger partial charge in [-0.25, -0.2) is 4.98 Å². The maximum absolute atomic E-state index is 12.4. The van der Waals surface area contributed by atoms with Gasteiger partial charge in [0.25, 0.3) is 0 Å². The fourth-order valence-electron chi connectivity index (χ4n) is 4.36. The second-order valence-corrected chi connectivity index (χ2v) is 7.61. The number of nitrogens with zero attached hydrogens (tertiary/aromatic N) is 2. The van der Waals surface area contributed by atoms with Crippen molar-refractivity contribution in [3.63, 3.8) is 0 Å². The van der Waals surface area contributed by atoms with Crippen molar-refractivity contribution in [3.8, 4) is 0 Å². The Hall–Kier alpha value is -1.40. The quantitative estimate of drug-likeness (QED) is 0.915. The predicted octanol–water partition coefficient (Wildman–Crippen LogP) is 2.79. The average Bonchev–Trinajstić information content (AvgIpc) is 3.22. The zero-order valence-corrected chi connectivity index (χ0v) is 14.3. The van der Waals surface area contributed by atoms with Gasteiger partial charge in [0.2, 0.25) is 5.91 Å². The number of nitrogens with one attached hydrogen (secondary N) is 1. The summed E-state index contributed by atoms with van der Waals surface area (Å²) in [7, 11) is 0. The molecule has 6 heteroatoms. The molecule has 0 saturated heterocycles. The van der Waals surface area contributed by atoms with Crippen molar-refractivity contribution in [2.24, 2.45) is 5.41 Å². The van der Waals surface area contributed by atoms with Gasteiger partial charge in [0.15, 0.2) is 4.96 Å². The average molecular weight is 333 g/mol. The first-order chi connectivity index (χ1) is 11.2. The molecule has 23 heavy (non-hydrogen) atoms. The molecule has 1 spiro atoms. The third-order valence-electron chi connectivity index (χ3n) is 5.51. The first-order valence-electron chi connectivity index (χ1n) is 8.53. The van der Waals surface area contributed by atoms with Gasteiger partial charge in [0, 0.05) is 35.8 Å². The zero-order valence-electron chi connectivity index (χ0n) is 13.5. The number of fused-ring (bicyclic) bond motifs is 1. The molecule has 2 saturated carbocycles. The predicted molar refractivity (Wildman–Crippen MR) is 89.6 cm³/mol. The van der Waals surface area contributed by atoms with E-state index in [2.05, 4.69) is 17.2 Å². The molecule has 0 aromatic carbocycles. The maximum Gasteiger partial charge on any atom is 0.226 e. The molecule has 0 unspecified atom stereocenters. The van der Waals surface area contributed by atoms with E-state index in [0.29, 0.717) is 12.5 Å². The molecule has 5 nitrogen and oxygen atoms in total. The van der Waals surface area contributed by atoms with E-state index < -0.39 is 0 Å². The first kappa shape index (κ1) is 15.1. The number of thiazole rings is 1. The lowest BCUT2D eigenvalue weighted by Crippen LogP contribution is -2.63. The van der Waals surface area contributed by atoms with Gasteiger partial charge in [-0.05, 0) is 26.2 Å². The number of carbonyl (C=O) groups excluding carboxylic acids is 1. The Balaban J connectivity index is 1.39. The molecule has 2 fully saturated rings. The van der Waals surface area contributed by atoms with Gasteiger partial charge >= 0.3 is 0 Å². The highest BCUT2D eigenvalue weighted by atomic mass is 32.1. The second kappa shape index (κ2) is 5.91. The van der Waals surface area contributed by atoms with Crippen LogP contribution < -0.4 is 5.32 Å². The highest BCUT2D eigenvalue weighted by Gasteiger charge is 2.57. The van der Waals surface area contributed by atoms with E-state index in [0.717, 1.165) is 23.7 Å². The van der Waals surface area contributed by atoms with E-state index in [4.69, 9.17) is 4.74 Å². The molecule has 2 aromatic rings. The van der Waals surface area contributed by atoms with Crippen LogP contribution >= 0.6 is 11.3 Å². The third-order valence-corrected chi connectivity index (χ3v) is 6.28. The Morgan fingerprint density at radius 1 is 1.52 bits per heavy atom. The molecule has 0 radical (unpaired) electrons. The van der Waals surface area contributed by atoms with Crippen molar-refractivity contribution < 1.29 is 9.53 Å². The summed E-state index contributed by atoms with van der Waals surface area (Å²) in [5.41, 5.74) is 1.04. The highest BCUT2D eigenvalue weighted by molar-refractivity contribution is 7.15. The third kappa shape index (κ3) is 2.58. The Morgan fingerprint density at radius 2 is 2.35 bits per heavy atom. The van der Waals surface area contributed by atoms with E-state index in [1.165, 1.54) is 25.7 Å². The van der Waals surface area contributed by atoms with Crippen molar-refractivity contribution in [2.75, 3.05) is 6.61 Å². The fourth-order valence-corrected chi connectivity index (χ4v) is 5.08. The molecule has 2 aliphatic carbocycles. The van der Waals surface area contributed by atoms with Gasteiger partial charge in [-0.3, -0.25) is 9.20 Å². The summed E-state index contributed by atoms with van der Waals surface area (Å²) < 4.78 is 7.88. The number of amides is 1. The lowest BCUT2D eigenvalue weighted by Gasteiger charge is -2.54. The number of ether oxygens (including phenoxy) is 1. The summed E-state index contributed by atoms with van der Waals surface area (Å²) in [6, 6.07) is 0.276. The van der Waals surface area contributed by atoms with Crippen LogP contribution in [0.1, 0.15) is 44.7 Å². The van der Waals surface area contributed by atoms with Crippen LogP contribution in [0.3, 0.4) is 0 Å². The molecule has 4 rings (SSSR count). The summed E-state index contributed by atoms with van der Waals surface area (Å²) in [5.74, 6) is 0.0852. The molecule has 1 amide bonds. The number of rotatable bonds is 5. The summed E-state index contributed by atoms with van der Waals surface area (Å²) in [6.07, 6.45) is 10.4. The lowest BCUT2D eigenvalue weighted by molar-refractivity contribution is -0.143. The van der Waals surface area contributed by atoms with Gasteiger partial charge in [-0.15, -0.1) is 11.3 Å². The molecular formula is C17H23N3O2S. The molecule has 2 heterocycles. The number of hydrogen-bond donors (Lipinski definition) is 1. The largest absolute Gasteiger partial charge is 0.378 e. The van der Waals surface area contributed by atoms with Crippen LogP contribution in [0.25, 0.3) is 4.96 Å². The number of aromatic nitrogens is 2. The first-order valence-corrected chi connectivity index (χ1v) is 9.41. The normalized spacial score (nSPS) is 25.8. The molecular weight excluding hydrogens is 310 g/mol. The van der Waals surface area contributed by atoms with Crippen molar-refractivity contribution in [2.45, 2.75) is 57.6 Å². The van der Waals surface area contributed by atoms with Crippen LogP contribution in [0.5, 0.6) is 0 Å². The van der Waals surface area contributed by atoms with Crippen molar-refractivity contribution in [1.29, 1.82) is 0 Å². The van der Waals surface area contributed by atoms with Crippen molar-refractivity contribution in [1.82, 2.24) is 14.7 Å². The maximum atomic E-state index is 12.4. The van der Waals surface area contributed by atoms with Crippen LogP contribution in [0, 0.1) is 5.41 Å². The topological polar surface area (TPSA) is 55.6 Å². The molecule has 0 bridgehead atoms. The lowest BCUT2D eigenvalue weighted by atomic mass is 9.60. The molecule has 2 atom stereocenters. The minimum absolute atomic E-state index is 0.0852. The minimum atomic E-state index is 0.0852. The van der Waals surface area contributed by atoms with Crippen LogP contribution in [-0.2, 0) is 16.0 Å². The Bertz CT molecular complexity index is 673. The molecule has 2 aromatic heterocycles. The van der Waals surface area contributed by atoms with Gasteiger partial charge in [-0.2, -0.15) is 0 Å². The number of carbonyl (C=O) groups is 1. The zero-order chi connectivity index (χ0) is 15.9. The fraction of sp³-hybridized carbons (Fsp3) is 0.647. The molecule has 124 valence electrons. The molecule has 0 aliphatic heterocycles. The standard InChI is InChI=1S/C17H23N3O2S/c1-2-22-14-10-13(17(14)5-3-4-6-17)19-15(21)9-12-11-20-7-8-23-16(20)18-12/h7-8,11,13-14H,2-6,9-10H2,1H3,(H,19,21)/t13-,14+/m0/s1. The second-order valence-electron chi connectivity index (χ2n) is 6.74. The highest BCUT2D eigenvalue weighted by Crippen LogP contribution is 2.54. The van der Waals surface area contributed by atoms with Crippen LogP contribution in [-0.4, -0.2) is 34.0 Å². The van der Waals surface area contributed by atoms with Gasteiger partial charge < -0.3 is 10.1 Å². The Labute approximate surface area is 140 Å². The van der Waals surface area contributed by atoms with E-state index in [-0.39, 0.29) is 17.4 Å². The summed E-state index contributed by atoms with van der Waals surface area (Å²) in [5, 5.41) is 5.26. The number of hydrogen-bond acceptors (Lipinski definition) is 4. The van der Waals surface area contributed by atoms with E-state index >= 15 is 0 Å². The Morgan fingerprint density at radius 3 is 3.09 bits per heavy atom. The van der Waals surface area contributed by atoms with E-state index in [1.54, 1.807) is 11.3 Å². The van der Waals surface area contributed by atoms with Crippen molar-refractivity contribution >= 4 is 22.2 Å². The monoisotopic (exact) mass is 333 g/mol. The van der Waals surface area contributed by atoms with Gasteiger partial charge in [-0.1, -0.05) is 12.8 Å². The molecule has 1 N–H and O–H groups in total. The summed E-state index contributed by atoms with van der Waals surface area (Å²) >= 11 is 1.59. The van der Waals surface area contributed by atoms with Crippen LogP contribution in [0.15, 0.2) is 17.8 Å². The number of imidazole rings is 1. The molecule has 2 aliphatic rings. The van der Waals surface area contributed by atoms with Crippen LogP contribution in [0.4, 0.5) is 0 Å². The van der Waals surface area contributed by atoms with E-state index in [9.17, 15) is 4.79 Å². The van der Waals surface area contributed by atoms with Gasteiger partial charge in [0.1, 0.15) is 0 Å². The van der Waals surface area contributed by atoms with Gasteiger partial charge in [0.05, 0.1) is 18.2 Å². The SMILES string of the molecule is CCO[C@@H]1C[C@H](NC(=O)Cc2cn3ccsc3n2)C12CCCC2. The smallest absolute Gasteiger partial charge is 0.226 e. The van der Waals surface area contributed by atoms with Crippen molar-refractivity contribution in [3.05, 3.63) is 23.5 Å².